The fourth-order valence-corrected chi connectivity index (χ4v) is 3.49. The summed E-state index contributed by atoms with van der Waals surface area (Å²) in [7, 11) is 1.51. The summed E-state index contributed by atoms with van der Waals surface area (Å²) in [5.41, 5.74) is 9.78. The molecule has 3 aromatic carbocycles. The molecule has 0 aliphatic carbocycles. The molecule has 0 aromatic heterocycles. The van der Waals surface area contributed by atoms with E-state index in [1.807, 2.05) is 61.5 Å². The molecule has 1 unspecified atom stereocenters. The summed E-state index contributed by atoms with van der Waals surface area (Å²) in [5, 5.41) is 10.5. The highest BCUT2D eigenvalue weighted by Crippen LogP contribution is 2.32. The van der Waals surface area contributed by atoms with E-state index in [9.17, 15) is 5.26 Å². The zero-order chi connectivity index (χ0) is 24.1. The second-order valence-corrected chi connectivity index (χ2v) is 7.70. The molecule has 4 N–H and O–H groups in total. The van der Waals surface area contributed by atoms with Crippen LogP contribution in [0.1, 0.15) is 16.7 Å². The number of nitrogens with two attached hydrogens (primary N) is 2. The predicted molar refractivity (Wildman–Crippen MR) is 129 cm³/mol. The lowest BCUT2D eigenvalue weighted by Crippen LogP contribution is -2.49. The molecule has 0 bridgehead atoms. The largest absolute Gasteiger partial charge is 0.493 e. The van der Waals surface area contributed by atoms with Gasteiger partial charge in [0.05, 0.1) is 24.5 Å². The second kappa shape index (κ2) is 9.98. The molecular formula is C26H25N5O3. The lowest BCUT2D eigenvalue weighted by atomic mass is 10.1. The molecule has 1 aliphatic heterocycles. The first kappa shape index (κ1) is 22.7. The molecule has 0 amide bonds. The van der Waals surface area contributed by atoms with Gasteiger partial charge in [0.25, 0.3) is 6.35 Å². The van der Waals surface area contributed by atoms with Gasteiger partial charge in [0.2, 0.25) is 5.88 Å². The molecule has 1 aliphatic rings. The van der Waals surface area contributed by atoms with Crippen LogP contribution in [0.5, 0.6) is 17.2 Å². The van der Waals surface area contributed by atoms with Crippen molar-refractivity contribution in [1.29, 1.82) is 5.26 Å². The van der Waals surface area contributed by atoms with E-state index in [-0.39, 0.29) is 11.6 Å². The van der Waals surface area contributed by atoms with E-state index in [1.54, 1.807) is 18.2 Å². The minimum absolute atomic E-state index is 0.145. The third-order valence-corrected chi connectivity index (χ3v) is 5.22. The topological polar surface area (TPSA) is 119 Å². The van der Waals surface area contributed by atoms with Crippen molar-refractivity contribution in [1.82, 2.24) is 5.01 Å². The Kier molecular flexibility index (Phi) is 6.67. The van der Waals surface area contributed by atoms with Gasteiger partial charge in [-0.1, -0.05) is 42.5 Å². The summed E-state index contributed by atoms with van der Waals surface area (Å²) in [6, 6.07) is 24.3. The number of rotatable bonds is 7. The van der Waals surface area contributed by atoms with Crippen molar-refractivity contribution in [2.75, 3.05) is 7.11 Å². The SMILES string of the molecule is COc1ccc(C#N)cc1OC1=C(N)C(Cc2ccccc2)=NC(Oc2cccc(C)c2)N1N. The molecule has 34 heavy (non-hydrogen) atoms. The summed E-state index contributed by atoms with van der Waals surface area (Å²) in [4.78, 5) is 4.68. The standard InChI is InChI=1S/C26H25N5O3/c1-17-7-6-10-20(13-17)33-26-30-21(14-18-8-4-3-5-9-18)24(28)25(31(26)29)34-23-15-19(16-27)11-12-22(23)32-2/h3-13,15,26H,14,28-29H2,1-2H3. The van der Waals surface area contributed by atoms with E-state index in [2.05, 4.69) is 11.1 Å². The van der Waals surface area contributed by atoms with E-state index in [0.717, 1.165) is 11.1 Å². The van der Waals surface area contributed by atoms with E-state index in [1.165, 1.54) is 12.1 Å². The number of hydrazine groups is 1. The molecule has 0 saturated carbocycles. The fraction of sp³-hybridized carbons (Fsp3) is 0.154. The summed E-state index contributed by atoms with van der Waals surface area (Å²) in [6.45, 7) is 1.97. The molecule has 1 heterocycles. The molecule has 4 rings (SSSR count). The van der Waals surface area contributed by atoms with E-state index >= 15 is 0 Å². The Morgan fingerprint density at radius 1 is 1.03 bits per heavy atom. The van der Waals surface area contributed by atoms with Crippen LogP contribution in [0.4, 0.5) is 0 Å². The van der Waals surface area contributed by atoms with Crippen LogP contribution < -0.4 is 25.8 Å². The minimum atomic E-state index is -0.923. The highest BCUT2D eigenvalue weighted by atomic mass is 16.6. The maximum Gasteiger partial charge on any atom is 0.286 e. The highest BCUT2D eigenvalue weighted by Gasteiger charge is 2.31. The average molecular weight is 456 g/mol. The molecular weight excluding hydrogens is 430 g/mol. The fourth-order valence-electron chi connectivity index (χ4n) is 3.49. The molecule has 3 aromatic rings. The third-order valence-electron chi connectivity index (χ3n) is 5.22. The van der Waals surface area contributed by atoms with Crippen molar-refractivity contribution in [2.45, 2.75) is 19.7 Å². The van der Waals surface area contributed by atoms with Crippen molar-refractivity contribution < 1.29 is 14.2 Å². The Labute approximate surface area is 198 Å². The van der Waals surface area contributed by atoms with Gasteiger partial charge in [0.15, 0.2) is 11.5 Å². The van der Waals surface area contributed by atoms with Crippen molar-refractivity contribution in [3.8, 4) is 23.3 Å². The van der Waals surface area contributed by atoms with Gasteiger partial charge in [0, 0.05) is 12.5 Å². The van der Waals surface area contributed by atoms with Gasteiger partial charge >= 0.3 is 0 Å². The Hall–Kier alpha value is -4.48. The zero-order valence-electron chi connectivity index (χ0n) is 18.9. The summed E-state index contributed by atoms with van der Waals surface area (Å²) in [6.07, 6.45) is -0.468. The summed E-state index contributed by atoms with van der Waals surface area (Å²) in [5.74, 6) is 7.87. The van der Waals surface area contributed by atoms with Crippen LogP contribution in [0.15, 0.2) is 89.4 Å². The number of benzene rings is 3. The number of allylic oxidation sites excluding steroid dienone is 1. The van der Waals surface area contributed by atoms with Gasteiger partial charge in [-0.05, 0) is 42.3 Å². The number of nitriles is 1. The van der Waals surface area contributed by atoms with Crippen LogP contribution in [0.3, 0.4) is 0 Å². The van der Waals surface area contributed by atoms with Crippen LogP contribution in [-0.2, 0) is 6.42 Å². The van der Waals surface area contributed by atoms with Crippen molar-refractivity contribution >= 4 is 5.71 Å². The molecule has 1 atom stereocenters. The van der Waals surface area contributed by atoms with Gasteiger partial charge in [-0.3, -0.25) is 0 Å². The van der Waals surface area contributed by atoms with Gasteiger partial charge in [0.1, 0.15) is 11.4 Å². The van der Waals surface area contributed by atoms with E-state index in [0.29, 0.717) is 34.9 Å². The normalized spacial score (nSPS) is 15.4. The monoisotopic (exact) mass is 455 g/mol. The minimum Gasteiger partial charge on any atom is -0.493 e. The van der Waals surface area contributed by atoms with Gasteiger partial charge in [-0.2, -0.15) is 5.26 Å². The van der Waals surface area contributed by atoms with E-state index in [4.69, 9.17) is 25.8 Å². The molecule has 0 spiro atoms. The van der Waals surface area contributed by atoms with Crippen LogP contribution in [0, 0.1) is 18.3 Å². The number of aryl methyl sites for hydroxylation is 1. The van der Waals surface area contributed by atoms with E-state index < -0.39 is 6.35 Å². The average Bonchev–Trinajstić information content (AvgIpc) is 2.85. The first-order chi connectivity index (χ1) is 16.5. The van der Waals surface area contributed by atoms with Crippen molar-refractivity contribution in [3.05, 3.63) is 101 Å². The van der Waals surface area contributed by atoms with Crippen molar-refractivity contribution in [3.63, 3.8) is 0 Å². The Bertz CT molecular complexity index is 1280. The smallest absolute Gasteiger partial charge is 0.286 e. The Morgan fingerprint density at radius 3 is 2.53 bits per heavy atom. The van der Waals surface area contributed by atoms with Gasteiger partial charge in [-0.25, -0.2) is 15.8 Å². The number of methoxy groups -OCH3 is 1. The number of ether oxygens (including phenoxy) is 3. The summed E-state index contributed by atoms with van der Waals surface area (Å²) >= 11 is 0. The molecule has 0 fully saturated rings. The lowest BCUT2D eigenvalue weighted by Gasteiger charge is -2.33. The van der Waals surface area contributed by atoms with Crippen LogP contribution >= 0.6 is 0 Å². The Morgan fingerprint density at radius 2 is 1.82 bits per heavy atom. The molecule has 172 valence electrons. The molecule has 0 radical (unpaired) electrons. The van der Waals surface area contributed by atoms with Crippen LogP contribution in [0.25, 0.3) is 0 Å². The van der Waals surface area contributed by atoms with Gasteiger partial charge < -0.3 is 19.9 Å². The molecule has 8 nitrogen and oxygen atoms in total. The third kappa shape index (κ3) is 4.95. The predicted octanol–water partition coefficient (Wildman–Crippen LogP) is 3.62. The second-order valence-electron chi connectivity index (χ2n) is 7.70. The first-order valence-corrected chi connectivity index (χ1v) is 10.6. The highest BCUT2D eigenvalue weighted by molar-refractivity contribution is 6.01. The van der Waals surface area contributed by atoms with Gasteiger partial charge in [-0.15, -0.1) is 0 Å². The summed E-state index contributed by atoms with van der Waals surface area (Å²) < 4.78 is 17.6. The number of hydrogen-bond donors (Lipinski definition) is 2. The maximum absolute atomic E-state index is 9.31. The zero-order valence-corrected chi connectivity index (χ0v) is 18.9. The first-order valence-electron chi connectivity index (χ1n) is 10.6. The molecule has 0 saturated heterocycles. The number of aliphatic imine (C=N–C) groups is 1. The van der Waals surface area contributed by atoms with Crippen LogP contribution in [-0.4, -0.2) is 24.2 Å². The lowest BCUT2D eigenvalue weighted by molar-refractivity contribution is 0.0221. The van der Waals surface area contributed by atoms with Crippen molar-refractivity contribution in [2.24, 2.45) is 16.6 Å². The quantitative estimate of drug-likeness (QED) is 0.522. The maximum atomic E-state index is 9.31. The Balaban J connectivity index is 1.73. The molecule has 8 heteroatoms. The van der Waals surface area contributed by atoms with Crippen LogP contribution in [0.2, 0.25) is 0 Å². The number of nitrogens with zero attached hydrogens (tertiary/aromatic N) is 3. The number of hydrogen-bond acceptors (Lipinski definition) is 8.